The smallest absolute Gasteiger partial charge is 0.334 e. The normalized spacial score (nSPS) is 29.3. The van der Waals surface area contributed by atoms with Crippen molar-refractivity contribution in [2.75, 3.05) is 0 Å². The van der Waals surface area contributed by atoms with Gasteiger partial charge in [0.15, 0.2) is 0 Å². The highest BCUT2D eigenvalue weighted by atomic mass is 19.1. The van der Waals surface area contributed by atoms with Crippen molar-refractivity contribution in [2.45, 2.75) is 44.6 Å². The first-order chi connectivity index (χ1) is 12.9. The summed E-state index contributed by atoms with van der Waals surface area (Å²) in [6.07, 6.45) is 8.29. The van der Waals surface area contributed by atoms with E-state index in [4.69, 9.17) is 4.74 Å². The number of benzene rings is 1. The zero-order chi connectivity index (χ0) is 18.8. The van der Waals surface area contributed by atoms with Gasteiger partial charge in [-0.3, -0.25) is 0 Å². The fourth-order valence-corrected chi connectivity index (χ4v) is 5.08. The van der Waals surface area contributed by atoms with Gasteiger partial charge in [-0.2, -0.15) is 5.10 Å². The third-order valence-electron chi connectivity index (χ3n) is 6.63. The predicted molar refractivity (Wildman–Crippen MR) is 99.7 cm³/mol. The second kappa shape index (κ2) is 5.41. The Kier molecular flexibility index (Phi) is 3.30. The Morgan fingerprint density at radius 3 is 2.74 bits per heavy atom. The second-order valence-electron chi connectivity index (χ2n) is 8.14. The van der Waals surface area contributed by atoms with Crippen LogP contribution in [0.1, 0.15) is 43.9 Å². The highest BCUT2D eigenvalue weighted by Crippen LogP contribution is 2.58. The minimum absolute atomic E-state index is 0.246. The monoisotopic (exact) mass is 364 g/mol. The van der Waals surface area contributed by atoms with Crippen LogP contribution in [-0.4, -0.2) is 21.4 Å². The first kappa shape index (κ1) is 16.5. The summed E-state index contributed by atoms with van der Waals surface area (Å²) in [4.78, 5) is 12.1. The van der Waals surface area contributed by atoms with Crippen LogP contribution in [0.4, 0.5) is 4.39 Å². The van der Waals surface area contributed by atoms with Crippen LogP contribution in [0.3, 0.4) is 0 Å². The van der Waals surface area contributed by atoms with E-state index in [1.807, 2.05) is 10.9 Å². The average molecular weight is 364 g/mol. The maximum Gasteiger partial charge on any atom is 0.334 e. The molecule has 2 aliphatic carbocycles. The Hall–Kier alpha value is -2.69. The zero-order valence-corrected chi connectivity index (χ0v) is 15.3. The average Bonchev–Trinajstić information content (AvgIpc) is 3.16. The number of hydrogen-bond acceptors (Lipinski definition) is 3. The third-order valence-corrected chi connectivity index (χ3v) is 6.63. The first-order valence-electron chi connectivity index (χ1n) is 9.37. The Bertz CT molecular complexity index is 986. The highest BCUT2D eigenvalue weighted by molar-refractivity contribution is 5.91. The van der Waals surface area contributed by atoms with Crippen LogP contribution in [0.15, 0.2) is 48.2 Å². The highest BCUT2D eigenvalue weighted by Gasteiger charge is 2.59. The molecule has 1 aromatic heterocycles. The van der Waals surface area contributed by atoms with Crippen molar-refractivity contribution < 1.29 is 13.9 Å². The number of aromatic nitrogens is 2. The molecule has 0 N–H and O–H groups in total. The first-order valence-corrected chi connectivity index (χ1v) is 9.37. The van der Waals surface area contributed by atoms with Crippen LogP contribution in [0.25, 0.3) is 11.8 Å². The third kappa shape index (κ3) is 2.20. The minimum Gasteiger partial charge on any atom is -0.454 e. The SMILES string of the molecule is C=C1C[C@@]2(CCCC3=Cc4c(cnn4-c4ccc(F)cc4)C[C@@]32C)OC1=O. The Morgan fingerprint density at radius 2 is 2.04 bits per heavy atom. The van der Waals surface area contributed by atoms with Gasteiger partial charge in [0.1, 0.15) is 11.4 Å². The number of carbonyl (C=O) groups is 1. The lowest BCUT2D eigenvalue weighted by Crippen LogP contribution is -2.52. The van der Waals surface area contributed by atoms with Crippen molar-refractivity contribution in [3.05, 3.63) is 65.3 Å². The van der Waals surface area contributed by atoms with Gasteiger partial charge in [-0.15, -0.1) is 0 Å². The molecule has 2 atom stereocenters. The lowest BCUT2D eigenvalue weighted by atomic mass is 9.56. The van der Waals surface area contributed by atoms with Crippen molar-refractivity contribution in [2.24, 2.45) is 5.41 Å². The molecule has 1 saturated carbocycles. The van der Waals surface area contributed by atoms with Crippen LogP contribution >= 0.6 is 0 Å². The summed E-state index contributed by atoms with van der Waals surface area (Å²) in [7, 11) is 0. The summed E-state index contributed by atoms with van der Waals surface area (Å²) in [6.45, 7) is 6.12. The standard InChI is InChI=1S/C22H21FN2O2/c1-14-11-22(27-20(14)26)9-3-4-16-10-19-15(12-21(16,22)2)13-24-25(19)18-7-5-17(23)6-8-18/h5-8,10,13H,1,3-4,9,11-12H2,2H3/t21-,22+/m0/s1. The zero-order valence-electron chi connectivity index (χ0n) is 15.3. The number of hydrogen-bond donors (Lipinski definition) is 0. The summed E-state index contributed by atoms with van der Waals surface area (Å²) in [5.74, 6) is -0.520. The van der Waals surface area contributed by atoms with Gasteiger partial charge in [0, 0.05) is 17.4 Å². The van der Waals surface area contributed by atoms with E-state index >= 15 is 0 Å². The number of nitrogens with zero attached hydrogens (tertiary/aromatic N) is 2. The molecule has 1 spiro atoms. The van der Waals surface area contributed by atoms with Crippen molar-refractivity contribution in [1.29, 1.82) is 0 Å². The van der Waals surface area contributed by atoms with Crippen molar-refractivity contribution >= 4 is 12.0 Å². The maximum atomic E-state index is 13.3. The molecule has 0 bridgehead atoms. The molecule has 0 amide bonds. The summed E-state index contributed by atoms with van der Waals surface area (Å²) in [5.41, 5.74) is 4.13. The van der Waals surface area contributed by atoms with E-state index in [0.29, 0.717) is 12.0 Å². The summed E-state index contributed by atoms with van der Waals surface area (Å²) < 4.78 is 21.1. The Labute approximate surface area is 157 Å². The molecule has 1 aliphatic heterocycles. The second-order valence-corrected chi connectivity index (χ2v) is 8.14. The van der Waals surface area contributed by atoms with Crippen LogP contribution in [0.2, 0.25) is 0 Å². The molecule has 2 fully saturated rings. The van der Waals surface area contributed by atoms with Gasteiger partial charge >= 0.3 is 5.97 Å². The molecule has 5 heteroatoms. The van der Waals surface area contributed by atoms with Gasteiger partial charge in [0.2, 0.25) is 0 Å². The van der Waals surface area contributed by atoms with E-state index in [1.165, 1.54) is 17.7 Å². The molecular weight excluding hydrogens is 343 g/mol. The molecule has 2 aromatic rings. The quantitative estimate of drug-likeness (QED) is 0.557. The molecule has 3 aliphatic rings. The Balaban J connectivity index is 1.60. The molecule has 0 unspecified atom stereocenters. The lowest BCUT2D eigenvalue weighted by Gasteiger charge is -2.51. The summed E-state index contributed by atoms with van der Waals surface area (Å²) in [5, 5.41) is 4.56. The minimum atomic E-state index is -0.499. The number of rotatable bonds is 1. The van der Waals surface area contributed by atoms with Crippen LogP contribution in [-0.2, 0) is 16.0 Å². The number of fused-ring (bicyclic) bond motifs is 3. The molecular formula is C22H21FN2O2. The molecule has 138 valence electrons. The fourth-order valence-electron chi connectivity index (χ4n) is 5.08. The molecule has 27 heavy (non-hydrogen) atoms. The van der Waals surface area contributed by atoms with E-state index in [2.05, 4.69) is 24.7 Å². The van der Waals surface area contributed by atoms with Crippen molar-refractivity contribution in [1.82, 2.24) is 9.78 Å². The van der Waals surface area contributed by atoms with Gasteiger partial charge in [-0.25, -0.2) is 13.9 Å². The van der Waals surface area contributed by atoms with Crippen LogP contribution in [0.5, 0.6) is 0 Å². The van der Waals surface area contributed by atoms with E-state index in [9.17, 15) is 9.18 Å². The molecule has 1 aromatic carbocycles. The van der Waals surface area contributed by atoms with Crippen LogP contribution in [0, 0.1) is 11.2 Å². The van der Waals surface area contributed by atoms with Crippen molar-refractivity contribution in [3.63, 3.8) is 0 Å². The fraction of sp³-hybridized carbons (Fsp3) is 0.364. The summed E-state index contributed by atoms with van der Waals surface area (Å²) >= 11 is 0. The van der Waals surface area contributed by atoms with Crippen LogP contribution < -0.4 is 0 Å². The van der Waals surface area contributed by atoms with E-state index in [0.717, 1.165) is 42.6 Å². The predicted octanol–water partition coefficient (Wildman–Crippen LogP) is 4.38. The topological polar surface area (TPSA) is 44.1 Å². The number of ether oxygens (including phenoxy) is 1. The summed E-state index contributed by atoms with van der Waals surface area (Å²) in [6, 6.07) is 6.37. The van der Waals surface area contributed by atoms with Gasteiger partial charge in [-0.05, 0) is 61.6 Å². The molecule has 2 heterocycles. The van der Waals surface area contributed by atoms with E-state index < -0.39 is 5.60 Å². The largest absolute Gasteiger partial charge is 0.454 e. The molecule has 4 nitrogen and oxygen atoms in total. The van der Waals surface area contributed by atoms with Gasteiger partial charge in [-0.1, -0.05) is 19.1 Å². The van der Waals surface area contributed by atoms with Crippen molar-refractivity contribution in [3.8, 4) is 5.69 Å². The number of halogens is 1. The lowest BCUT2D eigenvalue weighted by molar-refractivity contribution is -0.160. The molecule has 1 saturated heterocycles. The number of esters is 1. The van der Waals surface area contributed by atoms with E-state index in [-0.39, 0.29) is 17.2 Å². The number of carbonyl (C=O) groups excluding carboxylic acids is 1. The van der Waals surface area contributed by atoms with Gasteiger partial charge < -0.3 is 4.74 Å². The van der Waals surface area contributed by atoms with Gasteiger partial charge in [0.25, 0.3) is 0 Å². The Morgan fingerprint density at radius 1 is 1.26 bits per heavy atom. The molecule has 0 radical (unpaired) electrons. The molecule has 5 rings (SSSR count). The van der Waals surface area contributed by atoms with E-state index in [1.54, 1.807) is 12.1 Å². The maximum absolute atomic E-state index is 13.3. The van der Waals surface area contributed by atoms with Gasteiger partial charge in [0.05, 0.1) is 17.6 Å².